The van der Waals surface area contributed by atoms with Gasteiger partial charge in [0.2, 0.25) is 10.0 Å². The maximum absolute atomic E-state index is 11.9. The average Bonchev–Trinajstić information content (AvgIpc) is 3.09. The Morgan fingerprint density at radius 2 is 1.71 bits per heavy atom. The van der Waals surface area contributed by atoms with Crippen LogP contribution in [0.15, 0.2) is 71.6 Å². The first-order valence-corrected chi connectivity index (χ1v) is 10.4. The molecule has 0 fully saturated rings. The Labute approximate surface area is 167 Å². The number of fused-ring (bicyclic) bond motifs is 1. The topological polar surface area (TPSA) is 88.8 Å². The maximum atomic E-state index is 11.9. The lowest BCUT2D eigenvalue weighted by Gasteiger charge is -2.07. The van der Waals surface area contributed by atoms with Crippen LogP contribution in [0.1, 0.15) is 11.4 Å². The van der Waals surface area contributed by atoms with E-state index in [-0.39, 0.29) is 4.90 Å². The second-order valence-corrected chi connectivity index (χ2v) is 8.25. The zero-order valence-corrected chi connectivity index (χ0v) is 16.2. The Hall–Kier alpha value is -2.93. The molecule has 7 heteroatoms. The summed E-state index contributed by atoms with van der Waals surface area (Å²) < 4.78 is 23.8. The van der Waals surface area contributed by atoms with E-state index in [0.717, 1.165) is 22.2 Å². The van der Waals surface area contributed by atoms with Crippen LogP contribution in [-0.2, 0) is 10.0 Å². The number of imidazole rings is 1. The summed E-state index contributed by atoms with van der Waals surface area (Å²) in [6.45, 7) is 0. The van der Waals surface area contributed by atoms with Crippen LogP contribution >= 0.6 is 11.6 Å². The van der Waals surface area contributed by atoms with Crippen molar-refractivity contribution in [2.24, 2.45) is 5.14 Å². The molecule has 0 unspecified atom stereocenters. The standard InChI is InChI=1S/C21H16ClN3O2S/c22-16-9-5-14(6-10-16)7-12-21-24-18-11-8-15(13-19(18)25-21)17-3-1-2-4-20(17)28(23,26)27/h1-13H,(H,24,25)(H2,23,26,27). The van der Waals surface area contributed by atoms with Gasteiger partial charge in [-0.25, -0.2) is 18.5 Å². The average molecular weight is 410 g/mol. The van der Waals surface area contributed by atoms with Crippen LogP contribution in [0.5, 0.6) is 0 Å². The fourth-order valence-corrected chi connectivity index (χ4v) is 3.86. The van der Waals surface area contributed by atoms with Gasteiger partial charge in [-0.15, -0.1) is 0 Å². The molecule has 3 aromatic carbocycles. The van der Waals surface area contributed by atoms with Gasteiger partial charge in [-0.05, 0) is 47.5 Å². The number of primary sulfonamides is 1. The summed E-state index contributed by atoms with van der Waals surface area (Å²) in [6, 6.07) is 19.7. The minimum atomic E-state index is -3.82. The zero-order chi connectivity index (χ0) is 19.7. The number of hydrogen-bond acceptors (Lipinski definition) is 3. The van der Waals surface area contributed by atoms with E-state index in [9.17, 15) is 8.42 Å². The van der Waals surface area contributed by atoms with Crippen LogP contribution in [0.3, 0.4) is 0 Å². The van der Waals surface area contributed by atoms with Crippen molar-refractivity contribution in [2.75, 3.05) is 0 Å². The highest BCUT2D eigenvalue weighted by Gasteiger charge is 2.15. The largest absolute Gasteiger partial charge is 0.338 e. The SMILES string of the molecule is NS(=O)(=O)c1ccccc1-c1ccc2nc(C=Cc3ccc(Cl)cc3)[nH]c2c1. The Bertz CT molecular complexity index is 1290. The molecule has 28 heavy (non-hydrogen) atoms. The van der Waals surface area contributed by atoms with Gasteiger partial charge in [0.25, 0.3) is 0 Å². The number of benzene rings is 3. The molecular formula is C21H16ClN3O2S. The van der Waals surface area contributed by atoms with Crippen LogP contribution in [0, 0.1) is 0 Å². The fourth-order valence-electron chi connectivity index (χ4n) is 2.98. The van der Waals surface area contributed by atoms with Gasteiger partial charge in [0, 0.05) is 10.6 Å². The number of hydrogen-bond donors (Lipinski definition) is 2. The summed E-state index contributed by atoms with van der Waals surface area (Å²) in [4.78, 5) is 7.88. The molecule has 0 atom stereocenters. The number of aromatic amines is 1. The van der Waals surface area contributed by atoms with Gasteiger partial charge in [0.15, 0.2) is 0 Å². The third-order valence-electron chi connectivity index (χ3n) is 4.31. The number of sulfonamides is 1. The lowest BCUT2D eigenvalue weighted by molar-refractivity contribution is 0.598. The van der Waals surface area contributed by atoms with Crippen LogP contribution in [0.4, 0.5) is 0 Å². The molecule has 0 spiro atoms. The molecule has 0 radical (unpaired) electrons. The molecule has 3 N–H and O–H groups in total. The third kappa shape index (κ3) is 3.84. The van der Waals surface area contributed by atoms with Crippen LogP contribution in [0.25, 0.3) is 34.3 Å². The number of nitrogens with zero attached hydrogens (tertiary/aromatic N) is 1. The van der Waals surface area contributed by atoms with E-state index in [1.807, 2.05) is 54.6 Å². The normalized spacial score (nSPS) is 12.1. The lowest BCUT2D eigenvalue weighted by atomic mass is 10.1. The Morgan fingerprint density at radius 3 is 2.46 bits per heavy atom. The molecule has 140 valence electrons. The highest BCUT2D eigenvalue weighted by Crippen LogP contribution is 2.29. The molecule has 1 heterocycles. The summed E-state index contributed by atoms with van der Waals surface area (Å²) >= 11 is 5.90. The lowest BCUT2D eigenvalue weighted by Crippen LogP contribution is -2.13. The minimum absolute atomic E-state index is 0.0942. The number of halogens is 1. The van der Waals surface area contributed by atoms with Crippen molar-refractivity contribution in [3.8, 4) is 11.1 Å². The molecular weight excluding hydrogens is 394 g/mol. The summed E-state index contributed by atoms with van der Waals surface area (Å²) in [5.41, 5.74) is 3.89. The maximum Gasteiger partial charge on any atom is 0.238 e. The van der Waals surface area contributed by atoms with E-state index < -0.39 is 10.0 Å². The highest BCUT2D eigenvalue weighted by molar-refractivity contribution is 7.89. The fraction of sp³-hybridized carbons (Fsp3) is 0. The highest BCUT2D eigenvalue weighted by atomic mass is 35.5. The van der Waals surface area contributed by atoms with Crippen molar-refractivity contribution in [1.82, 2.24) is 9.97 Å². The first kappa shape index (κ1) is 18.4. The molecule has 0 saturated carbocycles. The molecule has 4 aromatic rings. The Morgan fingerprint density at radius 1 is 0.964 bits per heavy atom. The minimum Gasteiger partial charge on any atom is -0.338 e. The molecule has 0 aliphatic heterocycles. The smallest absolute Gasteiger partial charge is 0.238 e. The van der Waals surface area contributed by atoms with Crippen LogP contribution < -0.4 is 5.14 Å². The number of H-pyrrole nitrogens is 1. The molecule has 0 aliphatic rings. The monoisotopic (exact) mass is 409 g/mol. The van der Waals surface area contributed by atoms with Crippen molar-refractivity contribution in [3.05, 3.63) is 83.1 Å². The van der Waals surface area contributed by atoms with Gasteiger partial charge >= 0.3 is 0 Å². The quantitative estimate of drug-likeness (QED) is 0.512. The first-order valence-electron chi connectivity index (χ1n) is 8.46. The van der Waals surface area contributed by atoms with Gasteiger partial charge in [-0.2, -0.15) is 0 Å². The second kappa shape index (κ2) is 7.24. The van der Waals surface area contributed by atoms with Gasteiger partial charge in [-0.1, -0.05) is 54.1 Å². The van der Waals surface area contributed by atoms with Crippen LogP contribution in [0.2, 0.25) is 5.02 Å². The van der Waals surface area contributed by atoms with Crippen molar-refractivity contribution in [3.63, 3.8) is 0 Å². The van der Waals surface area contributed by atoms with Gasteiger partial charge in [0.1, 0.15) is 5.82 Å². The van der Waals surface area contributed by atoms with Crippen molar-refractivity contribution >= 4 is 44.8 Å². The molecule has 5 nitrogen and oxygen atoms in total. The second-order valence-electron chi connectivity index (χ2n) is 6.28. The van der Waals surface area contributed by atoms with Gasteiger partial charge in [0.05, 0.1) is 15.9 Å². The van der Waals surface area contributed by atoms with Gasteiger partial charge < -0.3 is 4.98 Å². The summed E-state index contributed by atoms with van der Waals surface area (Å²) in [5, 5.41) is 6.04. The molecule has 0 amide bonds. The number of rotatable bonds is 4. The number of nitrogens with two attached hydrogens (primary N) is 1. The van der Waals surface area contributed by atoms with E-state index in [1.165, 1.54) is 6.07 Å². The van der Waals surface area contributed by atoms with E-state index >= 15 is 0 Å². The Kier molecular flexibility index (Phi) is 4.77. The van der Waals surface area contributed by atoms with E-state index in [4.69, 9.17) is 16.7 Å². The number of nitrogens with one attached hydrogen (secondary N) is 1. The third-order valence-corrected chi connectivity index (χ3v) is 5.53. The van der Waals surface area contributed by atoms with E-state index in [1.54, 1.807) is 18.2 Å². The number of aromatic nitrogens is 2. The van der Waals surface area contributed by atoms with Crippen LogP contribution in [-0.4, -0.2) is 18.4 Å². The molecule has 0 aliphatic carbocycles. The zero-order valence-electron chi connectivity index (χ0n) is 14.6. The van der Waals surface area contributed by atoms with E-state index in [2.05, 4.69) is 9.97 Å². The van der Waals surface area contributed by atoms with Crippen molar-refractivity contribution < 1.29 is 8.42 Å². The predicted octanol–water partition coefficient (Wildman–Crippen LogP) is 4.70. The molecule has 4 rings (SSSR count). The predicted molar refractivity (Wildman–Crippen MR) is 113 cm³/mol. The Balaban J connectivity index is 1.71. The van der Waals surface area contributed by atoms with Crippen molar-refractivity contribution in [1.29, 1.82) is 0 Å². The van der Waals surface area contributed by atoms with Gasteiger partial charge in [-0.3, -0.25) is 0 Å². The molecule has 1 aromatic heterocycles. The van der Waals surface area contributed by atoms with E-state index in [0.29, 0.717) is 16.4 Å². The molecule has 0 saturated heterocycles. The summed E-state index contributed by atoms with van der Waals surface area (Å²) in [7, 11) is -3.82. The van der Waals surface area contributed by atoms with Crippen molar-refractivity contribution in [2.45, 2.75) is 4.90 Å². The first-order chi connectivity index (χ1) is 13.4. The summed E-state index contributed by atoms with van der Waals surface area (Å²) in [5.74, 6) is 0.696. The summed E-state index contributed by atoms with van der Waals surface area (Å²) in [6.07, 6.45) is 3.81. The molecule has 0 bridgehead atoms.